The van der Waals surface area contributed by atoms with Crippen LogP contribution in [0.2, 0.25) is 0 Å². The average Bonchev–Trinajstić information content (AvgIpc) is 2.63. The zero-order chi connectivity index (χ0) is 12.7. The summed E-state index contributed by atoms with van der Waals surface area (Å²) in [5.41, 5.74) is 5.65. The van der Waals surface area contributed by atoms with Gasteiger partial charge in [0.1, 0.15) is 5.84 Å². The van der Waals surface area contributed by atoms with Gasteiger partial charge in [-0.2, -0.15) is 0 Å². The van der Waals surface area contributed by atoms with E-state index in [2.05, 4.69) is 17.0 Å². The third-order valence-corrected chi connectivity index (χ3v) is 3.88. The summed E-state index contributed by atoms with van der Waals surface area (Å²) in [6, 6.07) is 0.691. The van der Waals surface area contributed by atoms with Gasteiger partial charge in [-0.15, -0.1) is 0 Å². The Morgan fingerprint density at radius 1 is 1.35 bits per heavy atom. The van der Waals surface area contributed by atoms with Crippen molar-refractivity contribution in [1.29, 1.82) is 0 Å². The molecule has 0 saturated heterocycles. The molecule has 3 N–H and O–H groups in total. The van der Waals surface area contributed by atoms with Crippen LogP contribution in [0.5, 0.6) is 0 Å². The highest BCUT2D eigenvalue weighted by Gasteiger charge is 2.21. The van der Waals surface area contributed by atoms with Crippen LogP contribution in [0.3, 0.4) is 0 Å². The summed E-state index contributed by atoms with van der Waals surface area (Å²) in [6.07, 6.45) is 8.05. The van der Waals surface area contributed by atoms with Crippen LogP contribution in [0, 0.1) is 5.92 Å². The quantitative estimate of drug-likeness (QED) is 0.255. The minimum atomic E-state index is 0.128. The summed E-state index contributed by atoms with van der Waals surface area (Å²) < 4.78 is 0. The second-order valence-corrected chi connectivity index (χ2v) is 5.16. The van der Waals surface area contributed by atoms with Crippen molar-refractivity contribution in [3.63, 3.8) is 0 Å². The Bertz CT molecular complexity index is 235. The van der Waals surface area contributed by atoms with Crippen LogP contribution in [0.4, 0.5) is 0 Å². The van der Waals surface area contributed by atoms with Gasteiger partial charge in [0.25, 0.3) is 0 Å². The van der Waals surface area contributed by atoms with Gasteiger partial charge in [-0.3, -0.25) is 4.90 Å². The Morgan fingerprint density at radius 3 is 2.41 bits per heavy atom. The molecule has 1 atom stereocenters. The van der Waals surface area contributed by atoms with E-state index in [1.54, 1.807) is 0 Å². The Balaban J connectivity index is 2.51. The molecule has 0 bridgehead atoms. The fourth-order valence-electron chi connectivity index (χ4n) is 2.70. The fraction of sp³-hybridized carbons (Fsp3) is 0.923. The molecule has 100 valence electrons. The second-order valence-electron chi connectivity index (χ2n) is 5.16. The van der Waals surface area contributed by atoms with Crippen LogP contribution in [-0.4, -0.2) is 35.1 Å². The maximum Gasteiger partial charge on any atom is 0.143 e. The summed E-state index contributed by atoms with van der Waals surface area (Å²) in [6.45, 7) is 6.17. The maximum absolute atomic E-state index is 8.69. The van der Waals surface area contributed by atoms with Gasteiger partial charge in [0.2, 0.25) is 0 Å². The van der Waals surface area contributed by atoms with Crippen LogP contribution in [0.1, 0.15) is 52.4 Å². The fourth-order valence-corrected chi connectivity index (χ4v) is 2.70. The monoisotopic (exact) mass is 241 g/mol. The number of rotatable bonds is 5. The van der Waals surface area contributed by atoms with Crippen LogP contribution >= 0.6 is 0 Å². The molecule has 0 aromatic heterocycles. The first-order valence-corrected chi connectivity index (χ1v) is 6.90. The van der Waals surface area contributed by atoms with Gasteiger partial charge in [0.15, 0.2) is 0 Å². The number of oxime groups is 1. The van der Waals surface area contributed by atoms with Crippen molar-refractivity contribution in [2.75, 3.05) is 13.1 Å². The Kier molecular flexibility index (Phi) is 6.34. The first-order valence-electron chi connectivity index (χ1n) is 6.90. The molecule has 1 aliphatic carbocycles. The third kappa shape index (κ3) is 4.54. The van der Waals surface area contributed by atoms with E-state index in [0.717, 1.165) is 13.1 Å². The first kappa shape index (κ1) is 14.3. The highest BCUT2D eigenvalue weighted by molar-refractivity contribution is 5.82. The zero-order valence-corrected chi connectivity index (χ0v) is 11.2. The smallest absolute Gasteiger partial charge is 0.143 e. The highest BCUT2D eigenvalue weighted by Crippen LogP contribution is 2.22. The second kappa shape index (κ2) is 7.54. The average molecular weight is 241 g/mol. The van der Waals surface area contributed by atoms with Crippen molar-refractivity contribution >= 4 is 5.84 Å². The summed E-state index contributed by atoms with van der Waals surface area (Å²) in [5, 5.41) is 11.8. The van der Waals surface area contributed by atoms with Gasteiger partial charge < -0.3 is 10.9 Å². The van der Waals surface area contributed by atoms with Crippen LogP contribution in [0.25, 0.3) is 0 Å². The Morgan fingerprint density at radius 2 is 1.94 bits per heavy atom. The summed E-state index contributed by atoms with van der Waals surface area (Å²) in [5.74, 6) is 0.472. The predicted octanol–water partition coefficient (Wildman–Crippen LogP) is 2.41. The first-order chi connectivity index (χ1) is 8.19. The lowest BCUT2D eigenvalue weighted by Gasteiger charge is -2.31. The minimum absolute atomic E-state index is 0.128. The van der Waals surface area contributed by atoms with E-state index in [1.807, 2.05) is 6.92 Å². The highest BCUT2D eigenvalue weighted by atomic mass is 16.4. The standard InChI is InChI=1S/C13H27N3O/c1-3-16(10-11(2)13(14)15-17)12-8-6-4-5-7-9-12/h11-12,17H,3-10H2,1-2H3,(H2,14,15). The molecule has 1 saturated carbocycles. The summed E-state index contributed by atoms with van der Waals surface area (Å²) in [7, 11) is 0. The van der Waals surface area contributed by atoms with Crippen molar-refractivity contribution in [3.05, 3.63) is 0 Å². The molecule has 0 radical (unpaired) electrons. The zero-order valence-electron chi connectivity index (χ0n) is 11.2. The van der Waals surface area contributed by atoms with Gasteiger partial charge >= 0.3 is 0 Å². The lowest BCUT2D eigenvalue weighted by Crippen LogP contribution is -2.41. The largest absolute Gasteiger partial charge is 0.409 e. The summed E-state index contributed by atoms with van der Waals surface area (Å²) in [4.78, 5) is 2.49. The van der Waals surface area contributed by atoms with Crippen LogP contribution < -0.4 is 5.73 Å². The lowest BCUT2D eigenvalue weighted by molar-refractivity contribution is 0.176. The van der Waals surface area contributed by atoms with Crippen molar-refractivity contribution < 1.29 is 5.21 Å². The van der Waals surface area contributed by atoms with E-state index in [0.29, 0.717) is 11.9 Å². The molecule has 1 fully saturated rings. The van der Waals surface area contributed by atoms with Crippen molar-refractivity contribution in [2.45, 2.75) is 58.4 Å². The van der Waals surface area contributed by atoms with Crippen LogP contribution in [-0.2, 0) is 0 Å². The minimum Gasteiger partial charge on any atom is -0.409 e. The van der Waals surface area contributed by atoms with E-state index >= 15 is 0 Å². The number of hydrogen-bond acceptors (Lipinski definition) is 3. The molecule has 0 aromatic carbocycles. The Labute approximate surface area is 105 Å². The molecule has 0 aliphatic heterocycles. The van der Waals surface area contributed by atoms with Gasteiger partial charge in [0, 0.05) is 18.5 Å². The molecule has 4 heteroatoms. The van der Waals surface area contributed by atoms with Gasteiger partial charge in [-0.25, -0.2) is 0 Å². The van der Waals surface area contributed by atoms with E-state index in [4.69, 9.17) is 10.9 Å². The van der Waals surface area contributed by atoms with Crippen molar-refractivity contribution in [1.82, 2.24) is 4.90 Å². The Hall–Kier alpha value is -0.770. The van der Waals surface area contributed by atoms with Gasteiger partial charge in [-0.1, -0.05) is 44.7 Å². The molecule has 1 unspecified atom stereocenters. The van der Waals surface area contributed by atoms with Gasteiger partial charge in [0.05, 0.1) is 0 Å². The molecule has 0 heterocycles. The van der Waals surface area contributed by atoms with E-state index in [-0.39, 0.29) is 5.92 Å². The number of nitrogens with zero attached hydrogens (tertiary/aromatic N) is 2. The van der Waals surface area contributed by atoms with Crippen LogP contribution in [0.15, 0.2) is 5.16 Å². The maximum atomic E-state index is 8.69. The number of hydrogen-bond donors (Lipinski definition) is 2. The van der Waals surface area contributed by atoms with E-state index in [1.165, 1.54) is 38.5 Å². The van der Waals surface area contributed by atoms with E-state index in [9.17, 15) is 0 Å². The molecular weight excluding hydrogens is 214 g/mol. The molecule has 1 aliphatic rings. The van der Waals surface area contributed by atoms with Crippen molar-refractivity contribution in [2.24, 2.45) is 16.8 Å². The molecule has 0 amide bonds. The number of amidine groups is 1. The lowest BCUT2D eigenvalue weighted by atomic mass is 10.0. The molecular formula is C13H27N3O. The topological polar surface area (TPSA) is 61.8 Å². The molecule has 4 nitrogen and oxygen atoms in total. The summed E-state index contributed by atoms with van der Waals surface area (Å²) >= 11 is 0. The predicted molar refractivity (Wildman–Crippen MR) is 71.3 cm³/mol. The van der Waals surface area contributed by atoms with Crippen molar-refractivity contribution in [3.8, 4) is 0 Å². The van der Waals surface area contributed by atoms with E-state index < -0.39 is 0 Å². The number of nitrogens with two attached hydrogens (primary N) is 1. The molecule has 0 spiro atoms. The molecule has 17 heavy (non-hydrogen) atoms. The molecule has 1 rings (SSSR count). The van der Waals surface area contributed by atoms with Gasteiger partial charge in [-0.05, 0) is 19.4 Å². The molecule has 0 aromatic rings. The normalized spacial score (nSPS) is 21.5. The third-order valence-electron chi connectivity index (χ3n) is 3.88. The SMILES string of the molecule is CCN(CC(C)C(N)=NO)C1CCCCCC1.